The smallest absolute Gasteiger partial charge is 0.194 e. The lowest BCUT2D eigenvalue weighted by atomic mass is 10.0. The summed E-state index contributed by atoms with van der Waals surface area (Å²) in [6.07, 6.45) is 7.09. The van der Waals surface area contributed by atoms with Gasteiger partial charge in [0.15, 0.2) is 5.96 Å². The quantitative estimate of drug-likeness (QED) is 0.431. The van der Waals surface area contributed by atoms with E-state index in [4.69, 9.17) is 4.99 Å². The highest BCUT2D eigenvalue weighted by Crippen LogP contribution is 2.26. The van der Waals surface area contributed by atoms with Crippen LogP contribution in [0.4, 0.5) is 0 Å². The number of aryl methyl sites for hydroxylation is 2. The highest BCUT2D eigenvalue weighted by atomic mass is 127. The number of aromatic amines is 1. The third kappa shape index (κ3) is 4.28. The van der Waals surface area contributed by atoms with Gasteiger partial charge in [-0.25, -0.2) is 4.99 Å². The third-order valence-electron chi connectivity index (χ3n) is 4.35. The molecule has 0 amide bonds. The molecule has 0 aromatic carbocycles. The van der Waals surface area contributed by atoms with Crippen LogP contribution in [0.5, 0.6) is 0 Å². The highest BCUT2D eigenvalue weighted by molar-refractivity contribution is 14.0. The van der Waals surface area contributed by atoms with E-state index in [-0.39, 0.29) is 24.0 Å². The topological polar surface area (TPSA) is 74.1 Å². The van der Waals surface area contributed by atoms with Crippen molar-refractivity contribution >= 4 is 29.9 Å². The first-order valence-corrected chi connectivity index (χ1v) is 8.18. The van der Waals surface area contributed by atoms with Gasteiger partial charge >= 0.3 is 0 Å². The molecule has 1 saturated heterocycles. The minimum atomic E-state index is 0. The van der Waals surface area contributed by atoms with Crippen LogP contribution in [-0.4, -0.2) is 50.5 Å². The fourth-order valence-electron chi connectivity index (χ4n) is 3.00. The Bertz CT molecular complexity index is 676. The molecular weight excluding hydrogens is 417 g/mol. The van der Waals surface area contributed by atoms with Gasteiger partial charge in [-0.2, -0.15) is 10.2 Å². The minimum Gasteiger partial charge on any atom is -0.357 e. The Labute approximate surface area is 159 Å². The summed E-state index contributed by atoms with van der Waals surface area (Å²) in [4.78, 5) is 7.13. The number of guanidine groups is 1. The van der Waals surface area contributed by atoms with Crippen molar-refractivity contribution in [2.24, 2.45) is 12.0 Å². The Balaban J connectivity index is 0.00000208. The van der Waals surface area contributed by atoms with Crippen molar-refractivity contribution in [1.29, 1.82) is 0 Å². The molecule has 1 aliphatic heterocycles. The van der Waals surface area contributed by atoms with Crippen LogP contribution >= 0.6 is 24.0 Å². The van der Waals surface area contributed by atoms with Gasteiger partial charge in [-0.05, 0) is 25.8 Å². The first-order chi connectivity index (χ1) is 11.2. The van der Waals surface area contributed by atoms with Crippen LogP contribution in [0.15, 0.2) is 23.6 Å². The number of H-pyrrole nitrogens is 1. The summed E-state index contributed by atoms with van der Waals surface area (Å²) in [6, 6.07) is 0. The van der Waals surface area contributed by atoms with Gasteiger partial charge in [-0.15, -0.1) is 24.0 Å². The fourth-order valence-corrected chi connectivity index (χ4v) is 3.00. The molecule has 1 fully saturated rings. The van der Waals surface area contributed by atoms with Crippen molar-refractivity contribution in [1.82, 2.24) is 30.2 Å². The Kier molecular flexibility index (Phi) is 6.64. The van der Waals surface area contributed by atoms with E-state index in [9.17, 15) is 0 Å². The minimum absolute atomic E-state index is 0. The number of aromatic nitrogens is 4. The lowest BCUT2D eigenvalue weighted by molar-refractivity contribution is 0.486. The summed E-state index contributed by atoms with van der Waals surface area (Å²) in [6.45, 7) is 7.67. The zero-order valence-electron chi connectivity index (χ0n) is 14.5. The van der Waals surface area contributed by atoms with Crippen LogP contribution < -0.4 is 5.32 Å². The van der Waals surface area contributed by atoms with E-state index >= 15 is 0 Å². The van der Waals surface area contributed by atoms with Gasteiger partial charge in [0.2, 0.25) is 0 Å². The molecule has 3 heterocycles. The third-order valence-corrected chi connectivity index (χ3v) is 4.35. The van der Waals surface area contributed by atoms with Crippen molar-refractivity contribution in [2.45, 2.75) is 32.7 Å². The maximum absolute atomic E-state index is 4.78. The maximum Gasteiger partial charge on any atom is 0.194 e. The van der Waals surface area contributed by atoms with Crippen molar-refractivity contribution in [3.05, 3.63) is 35.4 Å². The van der Waals surface area contributed by atoms with Gasteiger partial charge in [0.05, 0.1) is 18.9 Å². The van der Waals surface area contributed by atoms with Crippen molar-refractivity contribution < 1.29 is 0 Å². The summed E-state index contributed by atoms with van der Waals surface area (Å²) < 4.78 is 1.87. The summed E-state index contributed by atoms with van der Waals surface area (Å²) in [5.41, 5.74) is 3.54. The molecule has 8 heteroatoms. The molecule has 0 saturated carbocycles. The Hall–Kier alpha value is -1.58. The first kappa shape index (κ1) is 18.8. The SMILES string of the molecule is CCNC(=NCc1cn[nH]c1C)N1CCC(c2cnn(C)c2)C1.I. The molecule has 0 bridgehead atoms. The van der Waals surface area contributed by atoms with Crippen LogP contribution in [0.2, 0.25) is 0 Å². The van der Waals surface area contributed by atoms with Crippen LogP contribution in [-0.2, 0) is 13.6 Å². The number of aliphatic imine (C=N–C) groups is 1. The second kappa shape index (κ2) is 8.50. The van der Waals surface area contributed by atoms with E-state index in [1.54, 1.807) is 0 Å². The average Bonchev–Trinajstić information content (AvgIpc) is 3.25. The predicted octanol–water partition coefficient (Wildman–Crippen LogP) is 2.02. The number of nitrogens with one attached hydrogen (secondary N) is 2. The molecule has 24 heavy (non-hydrogen) atoms. The predicted molar refractivity (Wildman–Crippen MR) is 106 cm³/mol. The molecule has 0 spiro atoms. The number of hydrogen-bond acceptors (Lipinski definition) is 3. The van der Waals surface area contributed by atoms with Crippen LogP contribution in [0.25, 0.3) is 0 Å². The van der Waals surface area contributed by atoms with E-state index in [2.05, 4.69) is 38.6 Å². The van der Waals surface area contributed by atoms with Gasteiger partial charge < -0.3 is 10.2 Å². The lowest BCUT2D eigenvalue weighted by Gasteiger charge is -2.21. The molecular formula is C16H26IN7. The van der Waals surface area contributed by atoms with E-state index in [1.807, 2.05) is 31.0 Å². The first-order valence-electron chi connectivity index (χ1n) is 8.18. The summed E-state index contributed by atoms with van der Waals surface area (Å²) >= 11 is 0. The van der Waals surface area contributed by atoms with Gasteiger partial charge in [0.25, 0.3) is 0 Å². The molecule has 0 aliphatic carbocycles. The summed E-state index contributed by atoms with van der Waals surface area (Å²) in [5.74, 6) is 1.52. The molecule has 1 aliphatic rings. The molecule has 2 N–H and O–H groups in total. The molecule has 3 rings (SSSR count). The maximum atomic E-state index is 4.78. The second-order valence-electron chi connectivity index (χ2n) is 6.07. The highest BCUT2D eigenvalue weighted by Gasteiger charge is 2.26. The number of halogens is 1. The Morgan fingerprint density at radius 3 is 2.92 bits per heavy atom. The zero-order chi connectivity index (χ0) is 16.2. The molecule has 1 unspecified atom stereocenters. The van der Waals surface area contributed by atoms with E-state index in [1.165, 1.54) is 5.56 Å². The standard InChI is InChI=1S/C16H25N7.HI/c1-4-17-16(18-7-14-8-19-21-12(14)2)23-6-5-13(11-23)15-9-20-22(3)10-15;/h8-10,13H,4-7,11H2,1-3H3,(H,17,18)(H,19,21);1H. The van der Waals surface area contributed by atoms with Crippen LogP contribution in [0.1, 0.15) is 36.1 Å². The number of nitrogens with zero attached hydrogens (tertiary/aromatic N) is 5. The number of hydrogen-bond donors (Lipinski definition) is 2. The fraction of sp³-hybridized carbons (Fsp3) is 0.562. The van der Waals surface area contributed by atoms with Crippen LogP contribution in [0, 0.1) is 6.92 Å². The second-order valence-corrected chi connectivity index (χ2v) is 6.07. The normalized spacial score (nSPS) is 17.9. The molecule has 0 radical (unpaired) electrons. The molecule has 7 nitrogen and oxygen atoms in total. The largest absolute Gasteiger partial charge is 0.357 e. The summed E-state index contributed by atoms with van der Waals surface area (Å²) in [5, 5.41) is 14.7. The van der Waals surface area contributed by atoms with Crippen LogP contribution in [0.3, 0.4) is 0 Å². The Morgan fingerprint density at radius 2 is 2.29 bits per heavy atom. The number of rotatable bonds is 4. The lowest BCUT2D eigenvalue weighted by Crippen LogP contribution is -2.40. The average molecular weight is 443 g/mol. The molecule has 132 valence electrons. The van der Waals surface area contributed by atoms with E-state index in [0.717, 1.165) is 43.3 Å². The molecule has 1 atom stereocenters. The zero-order valence-corrected chi connectivity index (χ0v) is 16.8. The van der Waals surface area contributed by atoms with Gasteiger partial charge in [-0.1, -0.05) is 0 Å². The van der Waals surface area contributed by atoms with Gasteiger partial charge in [0.1, 0.15) is 0 Å². The summed E-state index contributed by atoms with van der Waals surface area (Å²) in [7, 11) is 1.97. The van der Waals surface area contributed by atoms with E-state index in [0.29, 0.717) is 12.5 Å². The molecule has 2 aromatic heterocycles. The molecule has 2 aromatic rings. The number of likely N-dealkylation sites (tertiary alicyclic amines) is 1. The van der Waals surface area contributed by atoms with Crippen molar-refractivity contribution in [2.75, 3.05) is 19.6 Å². The van der Waals surface area contributed by atoms with E-state index < -0.39 is 0 Å². The monoisotopic (exact) mass is 443 g/mol. The van der Waals surface area contributed by atoms with Gasteiger partial charge in [-0.3, -0.25) is 9.78 Å². The van der Waals surface area contributed by atoms with Crippen molar-refractivity contribution in [3.63, 3.8) is 0 Å². The Morgan fingerprint density at radius 1 is 1.46 bits per heavy atom. The van der Waals surface area contributed by atoms with Crippen molar-refractivity contribution in [3.8, 4) is 0 Å². The van der Waals surface area contributed by atoms with Gasteiger partial charge in [0, 0.05) is 50.1 Å².